The first-order valence-corrected chi connectivity index (χ1v) is 20.5. The number of rotatable bonds is 9. The molecule has 4 aliphatic carbocycles. The maximum atomic E-state index is 13.6. The molecule has 6 heteroatoms. The summed E-state index contributed by atoms with van der Waals surface area (Å²) in [6.45, 7) is 21.5. The molecule has 5 fully saturated rings. The number of fused-ring (bicyclic) bond motifs is 5. The summed E-state index contributed by atoms with van der Waals surface area (Å²) >= 11 is 0. The number of hydrogen-bond donors (Lipinski definition) is 0. The molecule has 1 heterocycles. The van der Waals surface area contributed by atoms with Crippen LogP contribution in [0.1, 0.15) is 150 Å². The van der Waals surface area contributed by atoms with E-state index in [-0.39, 0.29) is 28.9 Å². The molecule has 1 spiro atoms. The molecule has 1 aromatic carbocycles. The van der Waals surface area contributed by atoms with E-state index < -0.39 is 5.79 Å². The molecule has 6 nitrogen and oxygen atoms in total. The van der Waals surface area contributed by atoms with E-state index in [1.165, 1.54) is 32.1 Å². The monoisotopic (exact) mass is 695 g/mol. The minimum atomic E-state index is -0.443. The number of ether oxygens (including phenoxy) is 4. The van der Waals surface area contributed by atoms with E-state index in [9.17, 15) is 9.59 Å². The van der Waals surface area contributed by atoms with Crippen molar-refractivity contribution in [1.82, 2.24) is 0 Å². The SMILES string of the molecule is CC.CCC.CCOC(=O)/C(=C/CC[C@@H](C)[C@H]1CCC2C3C(CC[C@@]21C)[C@@]1(C)CCC2(C[C@@H]1C[C@H]3OC(=O)c1ccccc1)OCCO2)CC. The predicted molar refractivity (Wildman–Crippen MR) is 202 cm³/mol. The zero-order valence-electron chi connectivity index (χ0n) is 33.1. The van der Waals surface area contributed by atoms with Gasteiger partial charge in [0.1, 0.15) is 6.10 Å². The molecule has 5 aliphatic rings. The van der Waals surface area contributed by atoms with E-state index >= 15 is 0 Å². The topological polar surface area (TPSA) is 71.1 Å². The fourth-order valence-electron chi connectivity index (χ4n) is 11.1. The zero-order chi connectivity index (χ0) is 36.5. The van der Waals surface area contributed by atoms with Crippen molar-refractivity contribution in [2.75, 3.05) is 19.8 Å². The Hall–Kier alpha value is -2.18. The van der Waals surface area contributed by atoms with Gasteiger partial charge in [-0.05, 0) is 117 Å². The molecule has 0 amide bonds. The number of benzene rings is 1. The third kappa shape index (κ3) is 8.38. The van der Waals surface area contributed by atoms with Gasteiger partial charge >= 0.3 is 11.9 Å². The summed E-state index contributed by atoms with van der Waals surface area (Å²) in [6, 6.07) is 9.54. The van der Waals surface area contributed by atoms with Gasteiger partial charge in [-0.25, -0.2) is 9.59 Å². The lowest BCUT2D eigenvalue weighted by Gasteiger charge is -2.63. The van der Waals surface area contributed by atoms with Gasteiger partial charge in [0.05, 0.1) is 25.4 Å². The summed E-state index contributed by atoms with van der Waals surface area (Å²) in [5.41, 5.74) is 1.88. The first-order chi connectivity index (χ1) is 24.1. The van der Waals surface area contributed by atoms with Crippen molar-refractivity contribution < 1.29 is 28.5 Å². The van der Waals surface area contributed by atoms with E-state index in [1.54, 1.807) is 0 Å². The average molecular weight is 695 g/mol. The number of allylic oxidation sites excluding steroid dienone is 1. The minimum absolute atomic E-state index is 0.0874. The molecule has 1 saturated heterocycles. The van der Waals surface area contributed by atoms with Crippen LogP contribution in [0.4, 0.5) is 0 Å². The third-order valence-corrected chi connectivity index (χ3v) is 13.4. The van der Waals surface area contributed by atoms with Crippen molar-refractivity contribution in [3.05, 3.63) is 47.5 Å². The van der Waals surface area contributed by atoms with Crippen LogP contribution in [0.15, 0.2) is 42.0 Å². The Bertz CT molecular complexity index is 1250. The summed E-state index contributed by atoms with van der Waals surface area (Å²) in [6.07, 6.45) is 14.8. The summed E-state index contributed by atoms with van der Waals surface area (Å²) in [7, 11) is 0. The van der Waals surface area contributed by atoms with Gasteiger partial charge in [0.15, 0.2) is 5.79 Å². The van der Waals surface area contributed by atoms with Gasteiger partial charge in [0.2, 0.25) is 0 Å². The van der Waals surface area contributed by atoms with Crippen molar-refractivity contribution in [2.24, 2.45) is 46.3 Å². The van der Waals surface area contributed by atoms with Crippen LogP contribution in [-0.4, -0.2) is 43.7 Å². The lowest BCUT2D eigenvalue weighted by Crippen LogP contribution is -2.60. The lowest BCUT2D eigenvalue weighted by molar-refractivity contribution is -0.242. The lowest BCUT2D eigenvalue weighted by atomic mass is 9.43. The van der Waals surface area contributed by atoms with Gasteiger partial charge in [-0.3, -0.25) is 0 Å². The molecule has 4 saturated carbocycles. The Kier molecular flexibility index (Phi) is 14.6. The number of hydrogen-bond acceptors (Lipinski definition) is 6. The Morgan fingerprint density at radius 2 is 1.58 bits per heavy atom. The second-order valence-electron chi connectivity index (χ2n) is 16.1. The second kappa shape index (κ2) is 18.0. The Morgan fingerprint density at radius 3 is 2.22 bits per heavy atom. The molecule has 6 rings (SSSR count). The second-order valence-corrected chi connectivity index (χ2v) is 16.1. The zero-order valence-corrected chi connectivity index (χ0v) is 33.1. The first-order valence-electron chi connectivity index (χ1n) is 20.5. The van der Waals surface area contributed by atoms with Crippen LogP contribution in [0.3, 0.4) is 0 Å². The molecule has 282 valence electrons. The largest absolute Gasteiger partial charge is 0.463 e. The summed E-state index contributed by atoms with van der Waals surface area (Å²) in [4.78, 5) is 25.9. The molecule has 1 aromatic rings. The molecule has 0 bridgehead atoms. The molecule has 1 aliphatic heterocycles. The van der Waals surface area contributed by atoms with E-state index in [4.69, 9.17) is 18.9 Å². The maximum absolute atomic E-state index is 13.6. The van der Waals surface area contributed by atoms with Crippen molar-refractivity contribution in [2.45, 2.75) is 151 Å². The normalized spacial score (nSPS) is 34.5. The Labute approximate surface area is 304 Å². The fraction of sp³-hybridized carbons (Fsp3) is 0.773. The van der Waals surface area contributed by atoms with Crippen LogP contribution in [0.25, 0.3) is 0 Å². The van der Waals surface area contributed by atoms with Gasteiger partial charge in [0.25, 0.3) is 0 Å². The van der Waals surface area contributed by atoms with Crippen LogP contribution >= 0.6 is 0 Å². The maximum Gasteiger partial charge on any atom is 0.338 e. The Balaban J connectivity index is 0.00000107. The number of esters is 2. The van der Waals surface area contributed by atoms with Gasteiger partial charge in [-0.1, -0.05) is 86.1 Å². The van der Waals surface area contributed by atoms with E-state index in [2.05, 4.69) is 40.7 Å². The average Bonchev–Trinajstić information content (AvgIpc) is 3.73. The van der Waals surface area contributed by atoms with Crippen LogP contribution < -0.4 is 0 Å². The highest BCUT2D eigenvalue weighted by atomic mass is 16.7. The highest BCUT2D eigenvalue weighted by molar-refractivity contribution is 5.89. The molecule has 0 aromatic heterocycles. The van der Waals surface area contributed by atoms with E-state index in [0.29, 0.717) is 67.3 Å². The van der Waals surface area contributed by atoms with E-state index in [1.807, 2.05) is 58.0 Å². The summed E-state index contributed by atoms with van der Waals surface area (Å²) < 4.78 is 24.4. The standard InChI is InChI=1S/C39H56O6.C3H8.C2H6/c1-6-27(35(40)42-7-2)15-11-12-26(3)30-16-17-31-34-32(18-19-38(30,31)5)37(4)20-21-39(43-22-23-44-39)25-29(37)24-33(34)45-36(41)28-13-9-8-10-14-28;1-3-2;1-2/h8-10,13-15,26,29-34H,6-7,11-12,16-25H2,1-5H3;3H2,1-2H3;1-2H3/b27-15+;;/t26-,29+,30-,31?,32?,33-,34?,37+,38-;;/m1../s1. The van der Waals surface area contributed by atoms with Gasteiger partial charge in [-0.2, -0.15) is 0 Å². The van der Waals surface area contributed by atoms with Crippen LogP contribution in [-0.2, 0) is 23.7 Å². The van der Waals surface area contributed by atoms with Gasteiger partial charge in [0, 0.05) is 24.3 Å². The fourth-order valence-corrected chi connectivity index (χ4v) is 11.1. The van der Waals surface area contributed by atoms with Gasteiger partial charge < -0.3 is 18.9 Å². The van der Waals surface area contributed by atoms with Crippen LogP contribution in [0.5, 0.6) is 0 Å². The predicted octanol–water partition coefficient (Wildman–Crippen LogP) is 11.0. The Morgan fingerprint density at radius 1 is 0.920 bits per heavy atom. The molecular weight excluding hydrogens is 624 g/mol. The van der Waals surface area contributed by atoms with Crippen molar-refractivity contribution >= 4 is 11.9 Å². The summed E-state index contributed by atoms with van der Waals surface area (Å²) in [5, 5.41) is 0. The molecule has 3 unspecified atom stereocenters. The molecule has 9 atom stereocenters. The quantitative estimate of drug-likeness (QED) is 0.189. The van der Waals surface area contributed by atoms with Gasteiger partial charge in [-0.15, -0.1) is 0 Å². The highest BCUT2D eigenvalue weighted by Gasteiger charge is 2.65. The van der Waals surface area contributed by atoms with E-state index in [0.717, 1.165) is 44.1 Å². The smallest absolute Gasteiger partial charge is 0.338 e. The summed E-state index contributed by atoms with van der Waals surface area (Å²) in [5.74, 6) is 2.29. The molecular formula is C44H70O6. The molecule has 0 radical (unpaired) electrons. The van der Waals surface area contributed by atoms with Crippen molar-refractivity contribution in [3.8, 4) is 0 Å². The van der Waals surface area contributed by atoms with Crippen LogP contribution in [0, 0.1) is 46.3 Å². The van der Waals surface area contributed by atoms with Crippen molar-refractivity contribution in [1.29, 1.82) is 0 Å². The minimum Gasteiger partial charge on any atom is -0.463 e. The first kappa shape index (κ1) is 40.6. The number of carbonyl (C=O) groups is 2. The third-order valence-electron chi connectivity index (χ3n) is 13.4. The molecule has 0 N–H and O–H groups in total. The molecule has 50 heavy (non-hydrogen) atoms. The number of carbonyl (C=O) groups excluding carboxylic acids is 2. The highest BCUT2D eigenvalue weighted by Crippen LogP contribution is 2.69. The van der Waals surface area contributed by atoms with Crippen molar-refractivity contribution in [3.63, 3.8) is 0 Å². The van der Waals surface area contributed by atoms with Crippen LogP contribution in [0.2, 0.25) is 0 Å².